The van der Waals surface area contributed by atoms with Crippen LogP contribution in [0.4, 0.5) is 0 Å². The molecule has 2 rings (SSSR count). The van der Waals surface area contributed by atoms with E-state index in [1.165, 1.54) is 29.8 Å². The molecule has 2 heterocycles. The summed E-state index contributed by atoms with van der Waals surface area (Å²) in [6, 6.07) is -5.08. The highest BCUT2D eigenvalue weighted by Gasteiger charge is 2.47. The lowest BCUT2D eigenvalue weighted by molar-refractivity contribution is -0.155. The molecular formula is C37H63N5O8. The Morgan fingerprint density at radius 3 is 2.10 bits per heavy atom. The number of carbonyl (C=O) groups excluding carboxylic acids is 6. The van der Waals surface area contributed by atoms with Gasteiger partial charge >= 0.3 is 0 Å². The summed E-state index contributed by atoms with van der Waals surface area (Å²) in [5.74, 6) is -3.59. The third-order valence-corrected chi connectivity index (χ3v) is 9.98. The van der Waals surface area contributed by atoms with E-state index in [9.17, 15) is 39.0 Å². The van der Waals surface area contributed by atoms with Crippen LogP contribution in [0.2, 0.25) is 0 Å². The van der Waals surface area contributed by atoms with Gasteiger partial charge in [0.15, 0.2) is 0 Å². The summed E-state index contributed by atoms with van der Waals surface area (Å²) in [6.07, 6.45) is 4.65. The summed E-state index contributed by atoms with van der Waals surface area (Å²) in [5, 5.41) is 24.0. The minimum absolute atomic E-state index is 0.0344. The predicted octanol–water partition coefficient (Wildman–Crippen LogP) is 2.34. The highest BCUT2D eigenvalue weighted by molar-refractivity contribution is 6.06. The molecule has 3 unspecified atom stereocenters. The summed E-state index contributed by atoms with van der Waals surface area (Å²) >= 11 is 0. The van der Waals surface area contributed by atoms with E-state index in [1.807, 2.05) is 20.8 Å². The monoisotopic (exact) mass is 705 g/mol. The maximum Gasteiger partial charge on any atom is 0.253 e. The van der Waals surface area contributed by atoms with Crippen LogP contribution in [0, 0.1) is 23.7 Å². The number of unbranched alkanes of at least 4 members (excludes halogenated alkanes) is 1. The van der Waals surface area contributed by atoms with Gasteiger partial charge in [0.25, 0.3) is 11.8 Å². The third kappa shape index (κ3) is 10.6. The van der Waals surface area contributed by atoms with Crippen LogP contribution < -0.4 is 5.32 Å². The topological polar surface area (TPSA) is 168 Å². The van der Waals surface area contributed by atoms with Crippen molar-refractivity contribution < 1.29 is 39.0 Å². The van der Waals surface area contributed by atoms with Crippen molar-refractivity contribution in [2.45, 2.75) is 143 Å². The van der Waals surface area contributed by atoms with Gasteiger partial charge in [0.1, 0.15) is 24.2 Å². The quantitative estimate of drug-likeness (QED) is 0.194. The normalized spacial score (nSPS) is 22.7. The molecule has 3 N–H and O–H groups in total. The van der Waals surface area contributed by atoms with E-state index < -0.39 is 77.9 Å². The largest absolute Gasteiger partial charge is 0.391 e. The van der Waals surface area contributed by atoms with Gasteiger partial charge < -0.3 is 30.2 Å². The van der Waals surface area contributed by atoms with E-state index in [2.05, 4.69) is 19.2 Å². The lowest BCUT2D eigenvalue weighted by Gasteiger charge is -2.38. The molecule has 1 fully saturated rings. The molecule has 1 saturated heterocycles. The number of nitrogens with one attached hydrogen (secondary N) is 1. The van der Waals surface area contributed by atoms with Gasteiger partial charge in [0.2, 0.25) is 23.6 Å². The highest BCUT2D eigenvalue weighted by atomic mass is 16.3. The zero-order valence-electron chi connectivity index (χ0n) is 32.1. The molecular weight excluding hydrogens is 642 g/mol. The molecule has 13 nitrogen and oxygen atoms in total. The van der Waals surface area contributed by atoms with E-state index >= 15 is 0 Å². The summed E-state index contributed by atoms with van der Waals surface area (Å²) in [7, 11) is 2.99. The Kier molecular flexibility index (Phi) is 16.1. The van der Waals surface area contributed by atoms with Gasteiger partial charge in [-0.25, -0.2) is 0 Å². The van der Waals surface area contributed by atoms with Crippen molar-refractivity contribution in [1.82, 2.24) is 24.9 Å². The number of aliphatic hydroxyl groups excluding tert-OH is 2. The molecule has 0 radical (unpaired) electrons. The molecule has 2 aliphatic heterocycles. The van der Waals surface area contributed by atoms with Gasteiger partial charge in [-0.05, 0) is 44.4 Å². The van der Waals surface area contributed by atoms with Crippen LogP contribution in [0.3, 0.4) is 0 Å². The van der Waals surface area contributed by atoms with Crippen LogP contribution in [-0.2, 0) is 28.8 Å². The number of rotatable bonds is 17. The average Bonchev–Trinajstić information content (AvgIpc) is 3.60. The summed E-state index contributed by atoms with van der Waals surface area (Å²) in [5.41, 5.74) is 0. The summed E-state index contributed by atoms with van der Waals surface area (Å²) < 4.78 is 0. The number of nitrogens with zero attached hydrogens (tertiary/aromatic N) is 4. The number of likely N-dealkylation sites (N-methyl/N-ethyl adjacent to an activating group) is 2. The smallest absolute Gasteiger partial charge is 0.253 e. The lowest BCUT2D eigenvalue weighted by Crippen LogP contribution is -2.62. The molecule has 2 aliphatic rings. The molecule has 6 amide bonds. The molecule has 0 spiro atoms. The second-order valence-electron chi connectivity index (χ2n) is 15.4. The maximum absolute atomic E-state index is 14.1. The first-order chi connectivity index (χ1) is 23.2. The molecule has 0 saturated carbocycles. The van der Waals surface area contributed by atoms with Crippen molar-refractivity contribution in [2.24, 2.45) is 23.7 Å². The molecule has 0 aromatic rings. The van der Waals surface area contributed by atoms with Gasteiger partial charge in [-0.2, -0.15) is 0 Å². The molecule has 0 aromatic carbocycles. The van der Waals surface area contributed by atoms with E-state index in [4.69, 9.17) is 0 Å². The first-order valence-electron chi connectivity index (χ1n) is 18.3. The van der Waals surface area contributed by atoms with E-state index in [-0.39, 0.29) is 30.7 Å². The van der Waals surface area contributed by atoms with Crippen molar-refractivity contribution in [2.75, 3.05) is 20.6 Å². The Labute approximate surface area is 298 Å². The second-order valence-corrected chi connectivity index (χ2v) is 15.4. The standard InChI is InChI=1S/C37H63N5O8/c1-12-13-14-23(6)18-24(7)34(47)39(10)28(17-21(2)3)33(46)38-31(26(9)43)36(49)40(11)32(22(4)5)37(50)41-20-27(44)19-29(41)35(48)42-25(8)15-16-30(42)45/h15-16,21-29,31-32,43-44H,12-14,17-20H2,1-11H3,(H,38,46)/t23?,24?,25?,26-,27+,28+,29+,31+,32+/m1/s1. The number of amides is 6. The second kappa shape index (κ2) is 18.8. The number of aliphatic hydroxyl groups is 2. The first-order valence-corrected chi connectivity index (χ1v) is 18.3. The fourth-order valence-corrected chi connectivity index (χ4v) is 7.18. The minimum atomic E-state index is -1.44. The van der Waals surface area contributed by atoms with Crippen LogP contribution in [0.1, 0.15) is 101 Å². The van der Waals surface area contributed by atoms with Crippen molar-refractivity contribution in [3.63, 3.8) is 0 Å². The van der Waals surface area contributed by atoms with E-state index in [1.54, 1.807) is 33.9 Å². The SMILES string of the molecule is CCCCC(C)CC(C)C(=O)N(C)[C@@H](CC(C)C)C(=O)N[C@H](C(=O)N(C)[C@H](C(=O)N1C[C@@H](O)C[C@H]1C(=O)N1C(=O)C=CC1C)C(C)C)[C@@H](C)O. The van der Waals surface area contributed by atoms with Gasteiger partial charge in [-0.15, -0.1) is 0 Å². The first kappa shape index (κ1) is 42.8. The van der Waals surface area contributed by atoms with E-state index in [0.717, 1.165) is 29.1 Å². The maximum atomic E-state index is 14.1. The number of likely N-dealkylation sites (tertiary alicyclic amines) is 1. The van der Waals surface area contributed by atoms with Gasteiger partial charge in [0.05, 0.1) is 18.2 Å². The molecule has 284 valence electrons. The third-order valence-electron chi connectivity index (χ3n) is 9.98. The van der Waals surface area contributed by atoms with Gasteiger partial charge in [-0.1, -0.05) is 73.8 Å². The highest BCUT2D eigenvalue weighted by Crippen LogP contribution is 2.27. The van der Waals surface area contributed by atoms with Crippen LogP contribution in [-0.4, -0.2) is 128 Å². The Morgan fingerprint density at radius 1 is 0.980 bits per heavy atom. The Morgan fingerprint density at radius 2 is 1.60 bits per heavy atom. The zero-order chi connectivity index (χ0) is 38.2. The Balaban J connectivity index is 2.30. The van der Waals surface area contributed by atoms with Crippen LogP contribution in [0.25, 0.3) is 0 Å². The van der Waals surface area contributed by atoms with Crippen molar-refractivity contribution in [1.29, 1.82) is 0 Å². The Hall–Kier alpha value is -3.32. The number of imide groups is 1. The fourth-order valence-electron chi connectivity index (χ4n) is 7.18. The van der Waals surface area contributed by atoms with Crippen LogP contribution >= 0.6 is 0 Å². The molecule has 0 aliphatic carbocycles. The van der Waals surface area contributed by atoms with Crippen molar-refractivity contribution >= 4 is 35.4 Å². The zero-order valence-corrected chi connectivity index (χ0v) is 32.1. The summed E-state index contributed by atoms with van der Waals surface area (Å²) in [6.45, 7) is 16.3. The number of carbonyl (C=O) groups is 6. The lowest BCUT2D eigenvalue weighted by atomic mass is 9.91. The number of hydrogen-bond acceptors (Lipinski definition) is 8. The average molecular weight is 706 g/mol. The Bertz CT molecular complexity index is 1250. The van der Waals surface area contributed by atoms with E-state index in [0.29, 0.717) is 18.8 Å². The number of hydrogen-bond donors (Lipinski definition) is 3. The molecule has 50 heavy (non-hydrogen) atoms. The number of β-amino-alcohol motifs (C(OH)–C–C–N with tert-alkyl or cyclic N) is 1. The van der Waals surface area contributed by atoms with Crippen LogP contribution in [0.5, 0.6) is 0 Å². The molecule has 0 bridgehead atoms. The fraction of sp³-hybridized carbons (Fsp3) is 0.784. The minimum Gasteiger partial charge on any atom is -0.391 e. The molecule has 13 heteroatoms. The predicted molar refractivity (Wildman–Crippen MR) is 190 cm³/mol. The summed E-state index contributed by atoms with van der Waals surface area (Å²) in [4.78, 5) is 86.4. The molecule has 9 atom stereocenters. The van der Waals surface area contributed by atoms with Gasteiger partial charge in [-0.3, -0.25) is 33.7 Å². The van der Waals surface area contributed by atoms with Crippen molar-refractivity contribution in [3.05, 3.63) is 12.2 Å². The van der Waals surface area contributed by atoms with Crippen LogP contribution in [0.15, 0.2) is 12.2 Å². The van der Waals surface area contributed by atoms with Gasteiger partial charge in [0, 0.05) is 39.1 Å². The molecule has 0 aromatic heterocycles. The van der Waals surface area contributed by atoms with Crippen molar-refractivity contribution in [3.8, 4) is 0 Å².